The fourth-order valence-corrected chi connectivity index (χ4v) is 1.98. The smallest absolute Gasteiger partial charge is 0.119 e. The lowest BCUT2D eigenvalue weighted by atomic mass is 9.88. The molecule has 1 aromatic carbocycles. The summed E-state index contributed by atoms with van der Waals surface area (Å²) in [7, 11) is 0. The van der Waals surface area contributed by atoms with E-state index in [2.05, 4.69) is 50.0 Å². The molecule has 0 saturated carbocycles. The zero-order chi connectivity index (χ0) is 14.8. The van der Waals surface area contributed by atoms with E-state index in [1.165, 1.54) is 5.56 Å². The van der Waals surface area contributed by atoms with Crippen molar-refractivity contribution < 1.29 is 4.74 Å². The van der Waals surface area contributed by atoms with Gasteiger partial charge in [-0.25, -0.2) is 0 Å². The largest absolute Gasteiger partial charge is 0.491 e. The molecule has 1 heterocycles. The van der Waals surface area contributed by atoms with E-state index in [9.17, 15) is 0 Å². The highest BCUT2D eigenvalue weighted by atomic mass is 16.5. The molecule has 2 heteroatoms. The predicted octanol–water partition coefficient (Wildman–Crippen LogP) is 4.83. The monoisotopic (exact) mass is 269 g/mol. The third-order valence-corrected chi connectivity index (χ3v) is 3.15. The maximum atomic E-state index is 5.65. The van der Waals surface area contributed by atoms with Crippen LogP contribution in [0, 0.1) is 0 Å². The Morgan fingerprint density at radius 3 is 2.05 bits per heavy atom. The summed E-state index contributed by atoms with van der Waals surface area (Å²) in [5.74, 6) is 0.898. The molecule has 0 radical (unpaired) electrons. The minimum absolute atomic E-state index is 0.139. The Morgan fingerprint density at radius 1 is 0.950 bits per heavy atom. The van der Waals surface area contributed by atoms with Crippen molar-refractivity contribution in [1.29, 1.82) is 0 Å². The Labute approximate surface area is 121 Å². The van der Waals surface area contributed by atoms with Crippen LogP contribution in [-0.2, 0) is 5.41 Å². The summed E-state index contributed by atoms with van der Waals surface area (Å²) < 4.78 is 5.65. The summed E-state index contributed by atoms with van der Waals surface area (Å²) in [6, 6.07) is 12.3. The molecule has 0 aliphatic carbocycles. The number of hydrogen-bond acceptors (Lipinski definition) is 2. The van der Waals surface area contributed by atoms with E-state index in [4.69, 9.17) is 4.74 Å². The molecule has 0 amide bonds. The van der Waals surface area contributed by atoms with Crippen LogP contribution in [0.3, 0.4) is 0 Å². The van der Waals surface area contributed by atoms with Gasteiger partial charge in [0.2, 0.25) is 0 Å². The van der Waals surface area contributed by atoms with E-state index in [0.717, 1.165) is 17.0 Å². The molecule has 2 nitrogen and oxygen atoms in total. The molecule has 20 heavy (non-hydrogen) atoms. The number of pyridine rings is 1. The van der Waals surface area contributed by atoms with Crippen LogP contribution in [0.5, 0.6) is 5.75 Å². The molecule has 2 rings (SSSR count). The van der Waals surface area contributed by atoms with Gasteiger partial charge in [-0.1, -0.05) is 26.8 Å². The summed E-state index contributed by atoms with van der Waals surface area (Å²) in [6.07, 6.45) is 2.17. The van der Waals surface area contributed by atoms with Crippen LogP contribution in [-0.4, -0.2) is 11.1 Å². The Balaban J connectivity index is 2.19. The minimum atomic E-state index is 0.139. The fourth-order valence-electron chi connectivity index (χ4n) is 1.98. The quantitative estimate of drug-likeness (QED) is 0.796. The highest BCUT2D eigenvalue weighted by Gasteiger charge is 2.13. The molecule has 0 spiro atoms. The van der Waals surface area contributed by atoms with Crippen LogP contribution < -0.4 is 4.74 Å². The SMILES string of the molecule is CC(C)Oc1ccc(-c2ccc(C(C)(C)C)cn2)cc1. The highest BCUT2D eigenvalue weighted by Crippen LogP contribution is 2.25. The molecule has 0 aliphatic rings. The fraction of sp³-hybridized carbons (Fsp3) is 0.389. The highest BCUT2D eigenvalue weighted by molar-refractivity contribution is 5.60. The van der Waals surface area contributed by atoms with Crippen molar-refractivity contribution in [2.45, 2.75) is 46.1 Å². The second-order valence-corrected chi connectivity index (χ2v) is 6.37. The number of rotatable bonds is 3. The number of hydrogen-bond donors (Lipinski definition) is 0. The molecule has 0 bridgehead atoms. The second kappa shape index (κ2) is 5.66. The van der Waals surface area contributed by atoms with Crippen LogP contribution in [0.15, 0.2) is 42.6 Å². The predicted molar refractivity (Wildman–Crippen MR) is 84.1 cm³/mol. The minimum Gasteiger partial charge on any atom is -0.491 e. The van der Waals surface area contributed by atoms with Crippen molar-refractivity contribution in [3.63, 3.8) is 0 Å². The van der Waals surface area contributed by atoms with Gasteiger partial charge in [-0.2, -0.15) is 0 Å². The van der Waals surface area contributed by atoms with Gasteiger partial charge in [0.1, 0.15) is 5.75 Å². The zero-order valence-electron chi connectivity index (χ0n) is 13.0. The molecule has 1 aromatic heterocycles. The summed E-state index contributed by atoms with van der Waals surface area (Å²) in [4.78, 5) is 4.57. The van der Waals surface area contributed by atoms with E-state index in [0.29, 0.717) is 0 Å². The maximum absolute atomic E-state index is 5.65. The maximum Gasteiger partial charge on any atom is 0.119 e. The van der Waals surface area contributed by atoms with Crippen molar-refractivity contribution in [1.82, 2.24) is 4.98 Å². The molecule has 0 fully saturated rings. The second-order valence-electron chi connectivity index (χ2n) is 6.37. The lowest BCUT2D eigenvalue weighted by molar-refractivity contribution is 0.242. The van der Waals surface area contributed by atoms with E-state index in [1.54, 1.807) is 0 Å². The zero-order valence-corrected chi connectivity index (χ0v) is 13.0. The molecular weight excluding hydrogens is 246 g/mol. The van der Waals surface area contributed by atoms with Gasteiger partial charge in [0.15, 0.2) is 0 Å². The molecule has 106 valence electrons. The van der Waals surface area contributed by atoms with E-state index >= 15 is 0 Å². The third kappa shape index (κ3) is 3.60. The first kappa shape index (κ1) is 14.6. The van der Waals surface area contributed by atoms with Gasteiger partial charge in [-0.05, 0) is 55.2 Å². The van der Waals surface area contributed by atoms with Crippen molar-refractivity contribution >= 4 is 0 Å². The third-order valence-electron chi connectivity index (χ3n) is 3.15. The van der Waals surface area contributed by atoms with Gasteiger partial charge in [-0.3, -0.25) is 4.98 Å². The molecular formula is C18H23NO. The van der Waals surface area contributed by atoms with Crippen LogP contribution in [0.1, 0.15) is 40.2 Å². The molecule has 0 atom stereocenters. The number of aromatic nitrogens is 1. The van der Waals surface area contributed by atoms with Gasteiger partial charge in [0, 0.05) is 11.8 Å². The number of nitrogens with zero attached hydrogens (tertiary/aromatic N) is 1. The van der Waals surface area contributed by atoms with Crippen LogP contribution in [0.2, 0.25) is 0 Å². The molecule has 0 N–H and O–H groups in total. The molecule has 0 unspecified atom stereocenters. The number of ether oxygens (including phenoxy) is 1. The van der Waals surface area contributed by atoms with Crippen LogP contribution in [0.4, 0.5) is 0 Å². The summed E-state index contributed by atoms with van der Waals surface area (Å²) >= 11 is 0. The molecule has 0 saturated heterocycles. The average Bonchev–Trinajstić information content (AvgIpc) is 2.38. The van der Waals surface area contributed by atoms with Gasteiger partial charge in [0.25, 0.3) is 0 Å². The Kier molecular flexibility index (Phi) is 4.12. The van der Waals surface area contributed by atoms with Crippen molar-refractivity contribution in [2.75, 3.05) is 0 Å². The topological polar surface area (TPSA) is 22.1 Å². The first-order chi connectivity index (χ1) is 9.36. The standard InChI is InChI=1S/C18H23NO/c1-13(2)20-16-9-6-14(7-10-16)17-11-8-15(12-19-17)18(3,4)5/h6-13H,1-5H3. The first-order valence-corrected chi connectivity index (χ1v) is 7.10. The van der Waals surface area contributed by atoms with Gasteiger partial charge < -0.3 is 4.74 Å². The van der Waals surface area contributed by atoms with Crippen molar-refractivity contribution in [3.05, 3.63) is 48.2 Å². The Hall–Kier alpha value is -1.83. The van der Waals surface area contributed by atoms with Crippen molar-refractivity contribution in [2.24, 2.45) is 0 Å². The van der Waals surface area contributed by atoms with E-state index in [-0.39, 0.29) is 11.5 Å². The lowest BCUT2D eigenvalue weighted by Gasteiger charge is -2.18. The number of benzene rings is 1. The Morgan fingerprint density at radius 2 is 1.60 bits per heavy atom. The van der Waals surface area contributed by atoms with Crippen molar-refractivity contribution in [3.8, 4) is 17.0 Å². The van der Waals surface area contributed by atoms with E-state index < -0.39 is 0 Å². The van der Waals surface area contributed by atoms with E-state index in [1.807, 2.05) is 32.2 Å². The summed E-state index contributed by atoms with van der Waals surface area (Å²) in [5, 5.41) is 0. The Bertz CT molecular complexity index is 547. The van der Waals surface area contributed by atoms with Gasteiger partial charge in [0.05, 0.1) is 11.8 Å². The first-order valence-electron chi connectivity index (χ1n) is 7.10. The summed E-state index contributed by atoms with van der Waals surface area (Å²) in [6.45, 7) is 10.6. The lowest BCUT2D eigenvalue weighted by Crippen LogP contribution is -2.11. The van der Waals surface area contributed by atoms with Crippen LogP contribution in [0.25, 0.3) is 11.3 Å². The summed E-state index contributed by atoms with van der Waals surface area (Å²) in [5.41, 5.74) is 3.50. The van der Waals surface area contributed by atoms with Crippen LogP contribution >= 0.6 is 0 Å². The van der Waals surface area contributed by atoms with Gasteiger partial charge >= 0.3 is 0 Å². The molecule has 2 aromatic rings. The molecule has 0 aliphatic heterocycles. The average molecular weight is 269 g/mol. The normalized spacial score (nSPS) is 11.7. The van der Waals surface area contributed by atoms with Gasteiger partial charge in [-0.15, -0.1) is 0 Å².